The quantitative estimate of drug-likeness (QED) is 0.607. The molecular weight excluding hydrogens is 412 g/mol. The Labute approximate surface area is 168 Å². The molecule has 1 saturated heterocycles. The van der Waals surface area contributed by atoms with Gasteiger partial charge in [0.25, 0.3) is 0 Å². The Balaban J connectivity index is 1.65. The van der Waals surface area contributed by atoms with Gasteiger partial charge >= 0.3 is 0 Å². The van der Waals surface area contributed by atoms with Crippen LogP contribution in [0.25, 0.3) is 11.2 Å². The number of nitrogens with one attached hydrogen (secondary N) is 1. The molecule has 1 aliphatic rings. The summed E-state index contributed by atoms with van der Waals surface area (Å²) in [6, 6.07) is 7.29. The third kappa shape index (κ3) is 3.51. The monoisotopic (exact) mass is 426 g/mol. The van der Waals surface area contributed by atoms with E-state index in [9.17, 15) is 14.6 Å². The number of halogens is 3. The summed E-state index contributed by atoms with van der Waals surface area (Å²) in [5.41, 5.74) is 1.49. The molecule has 1 aliphatic heterocycles. The number of aliphatic hydroxyl groups excluding tert-OH is 1. The Morgan fingerprint density at radius 3 is 2.86 bits per heavy atom. The average Bonchev–Trinajstić information content (AvgIpc) is 3.21. The lowest BCUT2D eigenvalue weighted by Crippen LogP contribution is -2.30. The molecule has 2 N–H and O–H groups in total. The number of ether oxygens (including phenoxy) is 1. The number of anilines is 1. The summed E-state index contributed by atoms with van der Waals surface area (Å²) >= 11 is 12.0. The molecule has 2 aromatic heterocycles. The van der Waals surface area contributed by atoms with E-state index in [4.69, 9.17) is 27.9 Å². The Morgan fingerprint density at radius 2 is 2.14 bits per heavy atom. The lowest BCUT2D eigenvalue weighted by Gasteiger charge is -2.15. The fourth-order valence-corrected chi connectivity index (χ4v) is 3.47. The number of imidazole rings is 1. The van der Waals surface area contributed by atoms with Crippen LogP contribution in [-0.2, 0) is 16.4 Å². The smallest absolute Gasteiger partial charge is 0.226 e. The molecule has 0 aliphatic carbocycles. The van der Waals surface area contributed by atoms with Crippen LogP contribution in [-0.4, -0.2) is 49.6 Å². The van der Waals surface area contributed by atoms with Gasteiger partial charge in [0.15, 0.2) is 29.4 Å². The third-order valence-corrected chi connectivity index (χ3v) is 4.88. The minimum absolute atomic E-state index is 0.0721. The highest BCUT2D eigenvalue weighted by Gasteiger charge is 2.45. The summed E-state index contributed by atoms with van der Waals surface area (Å²) in [5, 5.41) is 24.5. The van der Waals surface area contributed by atoms with Gasteiger partial charge in [-0.15, -0.1) is 0 Å². The van der Waals surface area contributed by atoms with Gasteiger partial charge in [0.2, 0.25) is 5.28 Å². The topological polar surface area (TPSA) is 105 Å². The first-order valence-electron chi connectivity index (χ1n) is 8.42. The van der Waals surface area contributed by atoms with Crippen LogP contribution < -0.4 is 5.32 Å². The summed E-state index contributed by atoms with van der Waals surface area (Å²) in [6.07, 6.45) is -4.37. The largest absolute Gasteiger partial charge is 0.387 e. The van der Waals surface area contributed by atoms with E-state index >= 15 is 0 Å². The van der Waals surface area contributed by atoms with Crippen molar-refractivity contribution in [2.45, 2.75) is 31.2 Å². The molecule has 28 heavy (non-hydrogen) atoms. The number of benzene rings is 1. The van der Waals surface area contributed by atoms with E-state index < -0.39 is 31.2 Å². The van der Waals surface area contributed by atoms with Crippen molar-refractivity contribution >= 4 is 40.2 Å². The van der Waals surface area contributed by atoms with E-state index in [-0.39, 0.29) is 10.9 Å². The maximum absolute atomic E-state index is 14.5. The molecule has 3 heterocycles. The fraction of sp³-hybridized carbons (Fsp3) is 0.353. The first kappa shape index (κ1) is 19.3. The number of alkyl halides is 1. The molecule has 4 atom stereocenters. The zero-order valence-electron chi connectivity index (χ0n) is 14.3. The number of nitrogens with zero attached hydrogens (tertiary/aromatic N) is 4. The maximum atomic E-state index is 14.5. The van der Waals surface area contributed by atoms with Crippen LogP contribution in [0.3, 0.4) is 0 Å². The molecule has 0 bridgehead atoms. The minimum Gasteiger partial charge on any atom is -0.387 e. The van der Waals surface area contributed by atoms with E-state index in [1.165, 1.54) is 10.9 Å². The molecule has 0 unspecified atom stereocenters. The van der Waals surface area contributed by atoms with Crippen LogP contribution in [0.2, 0.25) is 10.3 Å². The lowest BCUT2D eigenvalue weighted by molar-refractivity contribution is -0.0593. The van der Waals surface area contributed by atoms with Gasteiger partial charge in [0.05, 0.1) is 6.33 Å². The van der Waals surface area contributed by atoms with Crippen LogP contribution in [0.5, 0.6) is 0 Å². The predicted octanol–water partition coefficient (Wildman–Crippen LogP) is 2.77. The van der Waals surface area contributed by atoms with Gasteiger partial charge in [0.1, 0.15) is 18.8 Å². The maximum Gasteiger partial charge on any atom is 0.226 e. The molecule has 4 rings (SSSR count). The first-order chi connectivity index (χ1) is 13.5. The van der Waals surface area contributed by atoms with Crippen LogP contribution in [0.1, 0.15) is 11.8 Å². The van der Waals surface area contributed by atoms with E-state index in [1.807, 2.05) is 12.1 Å². The highest BCUT2D eigenvalue weighted by atomic mass is 35.5. The molecule has 0 saturated carbocycles. The molecule has 1 fully saturated rings. The molecule has 1 radical (unpaired) electrons. The van der Waals surface area contributed by atoms with Gasteiger partial charge in [-0.1, -0.05) is 23.7 Å². The van der Waals surface area contributed by atoms with E-state index in [0.717, 1.165) is 5.56 Å². The minimum atomic E-state index is -1.80. The summed E-state index contributed by atoms with van der Waals surface area (Å²) < 4.78 is 21.1. The number of hydrogen-bond acceptors (Lipinski definition) is 6. The van der Waals surface area contributed by atoms with E-state index in [0.29, 0.717) is 22.9 Å². The summed E-state index contributed by atoms with van der Waals surface area (Å²) in [4.78, 5) is 12.5. The van der Waals surface area contributed by atoms with Crippen LogP contribution in [0, 0.1) is 0 Å². The number of rotatable bonds is 5. The van der Waals surface area contributed by atoms with Crippen molar-refractivity contribution in [2.24, 2.45) is 0 Å². The van der Waals surface area contributed by atoms with Crippen molar-refractivity contribution in [1.29, 1.82) is 0 Å². The average molecular weight is 427 g/mol. The zero-order valence-corrected chi connectivity index (χ0v) is 15.8. The van der Waals surface area contributed by atoms with Crippen LogP contribution in [0.15, 0.2) is 30.6 Å². The number of aromatic nitrogens is 4. The Kier molecular flexibility index (Phi) is 5.35. The van der Waals surface area contributed by atoms with E-state index in [1.54, 1.807) is 12.1 Å². The SMILES string of the molecule is [O]C[C@H]1O[C@@H](n2cnc3c(NCc4cccc(Cl)c4)nc(Cl)nc32)[C@@H](F)[C@@H]1O. The van der Waals surface area contributed by atoms with Crippen LogP contribution in [0.4, 0.5) is 10.2 Å². The second-order valence-electron chi connectivity index (χ2n) is 6.32. The second kappa shape index (κ2) is 7.76. The Bertz CT molecular complexity index is 1000. The van der Waals surface area contributed by atoms with Crippen molar-refractivity contribution in [3.05, 3.63) is 46.5 Å². The van der Waals surface area contributed by atoms with Gasteiger partial charge in [-0.25, -0.2) is 14.5 Å². The molecule has 3 aromatic rings. The van der Waals surface area contributed by atoms with Crippen molar-refractivity contribution in [3.63, 3.8) is 0 Å². The molecule has 8 nitrogen and oxygen atoms in total. The summed E-state index contributed by atoms with van der Waals surface area (Å²) in [7, 11) is 0. The summed E-state index contributed by atoms with van der Waals surface area (Å²) in [5.74, 6) is 0.350. The fourth-order valence-electron chi connectivity index (χ4n) is 3.10. The van der Waals surface area contributed by atoms with Crippen molar-refractivity contribution in [1.82, 2.24) is 19.5 Å². The first-order valence-corrected chi connectivity index (χ1v) is 9.17. The highest BCUT2D eigenvalue weighted by molar-refractivity contribution is 6.30. The second-order valence-corrected chi connectivity index (χ2v) is 7.09. The highest BCUT2D eigenvalue weighted by Crippen LogP contribution is 2.34. The Morgan fingerprint density at radius 1 is 1.32 bits per heavy atom. The lowest BCUT2D eigenvalue weighted by atomic mass is 10.1. The van der Waals surface area contributed by atoms with Crippen molar-refractivity contribution in [2.75, 3.05) is 11.9 Å². The number of fused-ring (bicyclic) bond motifs is 1. The third-order valence-electron chi connectivity index (χ3n) is 4.48. The van der Waals surface area contributed by atoms with Gasteiger partial charge in [0, 0.05) is 11.6 Å². The van der Waals surface area contributed by atoms with Gasteiger partial charge in [-0.05, 0) is 29.3 Å². The molecular formula is C17H15Cl2FN5O3. The van der Waals surface area contributed by atoms with Crippen molar-refractivity contribution < 1.29 is 19.3 Å². The summed E-state index contributed by atoms with van der Waals surface area (Å²) in [6.45, 7) is -0.356. The Hall–Kier alpha value is -2.04. The molecule has 0 spiro atoms. The standard InChI is InChI=1S/C17H15Cl2FN5O3/c18-9-3-1-2-8(4-9)5-21-14-12-15(24-17(19)23-14)25(7-22-12)16-11(20)13(27)10(6-26)28-16/h1-4,7,10-11,13,16,27H,5-6H2,(H,21,23,24)/t10-,11+,13-,16-/m1/s1. The number of hydrogen-bond donors (Lipinski definition) is 2. The van der Waals surface area contributed by atoms with Crippen LogP contribution >= 0.6 is 23.2 Å². The van der Waals surface area contributed by atoms with E-state index in [2.05, 4.69) is 20.3 Å². The van der Waals surface area contributed by atoms with Gasteiger partial charge in [-0.2, -0.15) is 9.97 Å². The zero-order chi connectivity index (χ0) is 19.8. The number of aliphatic hydroxyl groups is 1. The van der Waals surface area contributed by atoms with Crippen molar-refractivity contribution in [3.8, 4) is 0 Å². The molecule has 1 aromatic carbocycles. The van der Waals surface area contributed by atoms with Gasteiger partial charge < -0.3 is 15.2 Å². The van der Waals surface area contributed by atoms with Gasteiger partial charge in [-0.3, -0.25) is 4.57 Å². The normalized spacial score (nSPS) is 24.8. The molecule has 147 valence electrons. The molecule has 0 amide bonds. The molecule has 11 heteroatoms. The predicted molar refractivity (Wildman–Crippen MR) is 99.5 cm³/mol.